The lowest BCUT2D eigenvalue weighted by atomic mass is 10.0. The Bertz CT molecular complexity index is 1690. The van der Waals surface area contributed by atoms with Gasteiger partial charge in [0.2, 0.25) is 0 Å². The first kappa shape index (κ1) is 29.7. The van der Waals surface area contributed by atoms with E-state index in [1.807, 2.05) is 66.7 Å². The van der Waals surface area contributed by atoms with Crippen molar-refractivity contribution in [2.24, 2.45) is 0 Å². The Morgan fingerprint density at radius 3 is 2.49 bits per heavy atom. The van der Waals surface area contributed by atoms with Gasteiger partial charge >= 0.3 is 0 Å². The van der Waals surface area contributed by atoms with E-state index in [0.29, 0.717) is 27.7 Å². The number of nitrogens with zero attached hydrogens (tertiary/aromatic N) is 1. The molecule has 0 radical (unpaired) electrons. The van der Waals surface area contributed by atoms with Gasteiger partial charge in [0.1, 0.15) is 12.4 Å². The number of hydrogen-bond acceptors (Lipinski definition) is 7. The van der Waals surface area contributed by atoms with Crippen LogP contribution in [0.15, 0.2) is 89.8 Å². The highest BCUT2D eigenvalue weighted by atomic mass is 32.2. The summed E-state index contributed by atoms with van der Waals surface area (Å²) in [7, 11) is 1.49. The number of carbonyl (C=O) groups is 3. The molecule has 9 heteroatoms. The molecule has 4 aromatic carbocycles. The van der Waals surface area contributed by atoms with Gasteiger partial charge in [0.05, 0.1) is 18.6 Å². The van der Waals surface area contributed by atoms with Crippen molar-refractivity contribution in [3.63, 3.8) is 0 Å². The van der Waals surface area contributed by atoms with Crippen LogP contribution >= 0.6 is 11.8 Å². The fourth-order valence-electron chi connectivity index (χ4n) is 4.75. The molecule has 8 nitrogen and oxygen atoms in total. The third-order valence-electron chi connectivity index (χ3n) is 6.90. The second-order valence-electron chi connectivity index (χ2n) is 10.1. The number of imide groups is 1. The number of rotatable bonds is 11. The standard InChI is InChI=1S/C34H32N2O6S/c1-22(2)25-11-6-7-13-27(25)35-32(37)21-42-29-16-15-23(19-30(29)40-3)20-31-33(38)36(34(39)43-31)17-18-41-28-14-8-10-24-9-4-5-12-26(24)28/h4-16,19-20,22H,17-18,21H2,1-3H3,(H,35,37)/b31-20-. The summed E-state index contributed by atoms with van der Waals surface area (Å²) in [5.74, 6) is 1.06. The van der Waals surface area contributed by atoms with Gasteiger partial charge in [-0.25, -0.2) is 0 Å². The molecule has 1 N–H and O–H groups in total. The molecule has 0 saturated carbocycles. The number of hydrogen-bond donors (Lipinski definition) is 1. The number of ether oxygens (including phenoxy) is 3. The van der Waals surface area contributed by atoms with E-state index in [4.69, 9.17) is 14.2 Å². The third kappa shape index (κ3) is 7.01. The van der Waals surface area contributed by atoms with Crippen molar-refractivity contribution in [1.82, 2.24) is 4.90 Å². The van der Waals surface area contributed by atoms with E-state index in [0.717, 1.165) is 33.8 Å². The van der Waals surface area contributed by atoms with Crippen LogP contribution in [0.3, 0.4) is 0 Å². The van der Waals surface area contributed by atoms with E-state index in [1.54, 1.807) is 24.3 Å². The minimum Gasteiger partial charge on any atom is -0.493 e. The average Bonchev–Trinajstić information content (AvgIpc) is 3.27. The number of benzene rings is 4. The maximum Gasteiger partial charge on any atom is 0.293 e. The number of carbonyl (C=O) groups excluding carboxylic acids is 3. The average molecular weight is 597 g/mol. The van der Waals surface area contributed by atoms with Crippen molar-refractivity contribution >= 4 is 51.4 Å². The molecule has 220 valence electrons. The molecule has 1 aliphatic heterocycles. The SMILES string of the molecule is COc1cc(/C=C2\SC(=O)N(CCOc3cccc4ccccc34)C2=O)ccc1OCC(=O)Nc1ccccc1C(C)C. The molecule has 0 unspecified atom stereocenters. The van der Waals surface area contributed by atoms with Crippen LogP contribution in [0, 0.1) is 0 Å². The summed E-state index contributed by atoms with van der Waals surface area (Å²) in [6.45, 7) is 4.23. The van der Waals surface area contributed by atoms with Gasteiger partial charge in [-0.2, -0.15) is 0 Å². The van der Waals surface area contributed by atoms with Crippen LogP contribution in [0.4, 0.5) is 10.5 Å². The Morgan fingerprint density at radius 1 is 0.907 bits per heavy atom. The van der Waals surface area contributed by atoms with Crippen LogP contribution in [0.5, 0.6) is 17.2 Å². The Hall–Kier alpha value is -4.76. The normalized spacial score (nSPS) is 14.0. The second kappa shape index (κ2) is 13.5. The summed E-state index contributed by atoms with van der Waals surface area (Å²) in [6, 6.07) is 26.4. The van der Waals surface area contributed by atoms with Gasteiger partial charge in [0.25, 0.3) is 17.1 Å². The lowest BCUT2D eigenvalue weighted by Gasteiger charge is -2.15. The van der Waals surface area contributed by atoms with Crippen molar-refractivity contribution < 1.29 is 28.6 Å². The van der Waals surface area contributed by atoms with Crippen LogP contribution in [0.25, 0.3) is 16.8 Å². The molecule has 4 aromatic rings. The van der Waals surface area contributed by atoms with E-state index in [1.165, 1.54) is 12.0 Å². The summed E-state index contributed by atoms with van der Waals surface area (Å²) < 4.78 is 17.1. The maximum absolute atomic E-state index is 13.0. The third-order valence-corrected chi connectivity index (χ3v) is 7.80. The first-order valence-corrected chi connectivity index (χ1v) is 14.7. The summed E-state index contributed by atoms with van der Waals surface area (Å²) >= 11 is 0.879. The molecule has 1 aliphatic rings. The number of anilines is 1. The largest absolute Gasteiger partial charge is 0.493 e. The van der Waals surface area contributed by atoms with E-state index in [-0.39, 0.29) is 42.7 Å². The van der Waals surface area contributed by atoms with Gasteiger partial charge in [0, 0.05) is 11.1 Å². The second-order valence-corrected chi connectivity index (χ2v) is 11.1. The summed E-state index contributed by atoms with van der Waals surface area (Å²) in [5.41, 5.74) is 2.44. The van der Waals surface area contributed by atoms with Crippen LogP contribution in [0.1, 0.15) is 30.9 Å². The summed E-state index contributed by atoms with van der Waals surface area (Å²) in [4.78, 5) is 39.8. The molecule has 0 bridgehead atoms. The van der Waals surface area contributed by atoms with Crippen LogP contribution in [-0.2, 0) is 9.59 Å². The highest BCUT2D eigenvalue weighted by molar-refractivity contribution is 8.18. The zero-order chi connectivity index (χ0) is 30.3. The van der Waals surface area contributed by atoms with Crippen molar-refractivity contribution in [2.45, 2.75) is 19.8 Å². The van der Waals surface area contributed by atoms with E-state index in [9.17, 15) is 14.4 Å². The molecule has 43 heavy (non-hydrogen) atoms. The number of methoxy groups -OCH3 is 1. The highest BCUT2D eigenvalue weighted by Crippen LogP contribution is 2.35. The minimum absolute atomic E-state index is 0.130. The quantitative estimate of drug-likeness (QED) is 0.185. The number of amides is 3. The van der Waals surface area contributed by atoms with Crippen molar-refractivity contribution in [3.05, 3.63) is 101 Å². The zero-order valence-electron chi connectivity index (χ0n) is 24.2. The molecular weight excluding hydrogens is 564 g/mol. The highest BCUT2D eigenvalue weighted by Gasteiger charge is 2.35. The first-order valence-electron chi connectivity index (χ1n) is 13.9. The summed E-state index contributed by atoms with van der Waals surface area (Å²) in [5, 5.41) is 4.57. The molecular formula is C34H32N2O6S. The topological polar surface area (TPSA) is 94.2 Å². The van der Waals surface area contributed by atoms with Gasteiger partial charge in [-0.15, -0.1) is 0 Å². The first-order chi connectivity index (χ1) is 20.8. The fraction of sp³-hybridized carbons (Fsp3) is 0.206. The Morgan fingerprint density at radius 2 is 1.67 bits per heavy atom. The van der Waals surface area contributed by atoms with Crippen LogP contribution < -0.4 is 19.5 Å². The molecule has 1 saturated heterocycles. The Balaban J connectivity index is 1.19. The predicted molar refractivity (Wildman–Crippen MR) is 170 cm³/mol. The van der Waals surface area contributed by atoms with Gasteiger partial charge in [-0.05, 0) is 64.5 Å². The molecule has 1 fully saturated rings. The number of nitrogens with one attached hydrogen (secondary N) is 1. The number of para-hydroxylation sites is 1. The Labute approximate surface area is 254 Å². The van der Waals surface area contributed by atoms with E-state index >= 15 is 0 Å². The maximum atomic E-state index is 13.0. The fourth-order valence-corrected chi connectivity index (χ4v) is 5.61. The van der Waals surface area contributed by atoms with Gasteiger partial charge < -0.3 is 19.5 Å². The van der Waals surface area contributed by atoms with E-state index in [2.05, 4.69) is 19.2 Å². The van der Waals surface area contributed by atoms with Gasteiger partial charge in [-0.1, -0.05) is 74.5 Å². The van der Waals surface area contributed by atoms with Gasteiger partial charge in [-0.3, -0.25) is 19.3 Å². The monoisotopic (exact) mass is 596 g/mol. The lowest BCUT2D eigenvalue weighted by molar-refractivity contribution is -0.123. The van der Waals surface area contributed by atoms with Crippen LogP contribution in [-0.4, -0.2) is 48.8 Å². The Kier molecular flexibility index (Phi) is 9.32. The molecule has 0 aliphatic carbocycles. The predicted octanol–water partition coefficient (Wildman–Crippen LogP) is 7.10. The van der Waals surface area contributed by atoms with Crippen molar-refractivity contribution in [2.75, 3.05) is 32.2 Å². The lowest BCUT2D eigenvalue weighted by Crippen LogP contribution is -2.32. The number of thioether (sulfide) groups is 1. The van der Waals surface area contributed by atoms with Gasteiger partial charge in [0.15, 0.2) is 18.1 Å². The van der Waals surface area contributed by atoms with E-state index < -0.39 is 0 Å². The van der Waals surface area contributed by atoms with Crippen LogP contribution in [0.2, 0.25) is 0 Å². The molecule has 1 heterocycles. The molecule has 0 spiro atoms. The van der Waals surface area contributed by atoms with Crippen molar-refractivity contribution in [3.8, 4) is 17.2 Å². The minimum atomic E-state index is -0.380. The molecule has 0 atom stereocenters. The van der Waals surface area contributed by atoms with Crippen molar-refractivity contribution in [1.29, 1.82) is 0 Å². The molecule has 3 amide bonds. The number of fused-ring (bicyclic) bond motifs is 1. The smallest absolute Gasteiger partial charge is 0.293 e. The molecule has 5 rings (SSSR count). The molecule has 0 aromatic heterocycles. The zero-order valence-corrected chi connectivity index (χ0v) is 25.0. The summed E-state index contributed by atoms with van der Waals surface area (Å²) in [6.07, 6.45) is 1.64.